The number of benzene rings is 1. The summed E-state index contributed by atoms with van der Waals surface area (Å²) >= 11 is 0. The van der Waals surface area contributed by atoms with Crippen molar-refractivity contribution in [2.75, 3.05) is 39.6 Å². The van der Waals surface area contributed by atoms with Crippen LogP contribution in [0.4, 0.5) is 5.69 Å². The summed E-state index contributed by atoms with van der Waals surface area (Å²) in [5.74, 6) is 0.717. The van der Waals surface area contributed by atoms with E-state index in [2.05, 4.69) is 0 Å². The average molecular weight is 294 g/mol. The lowest BCUT2D eigenvalue weighted by atomic mass is 10.3. The summed E-state index contributed by atoms with van der Waals surface area (Å²) in [6.45, 7) is 1.45. The Hall–Kier alpha value is -1.79. The molecule has 1 saturated heterocycles. The highest BCUT2D eigenvalue weighted by Crippen LogP contribution is 2.17. The Morgan fingerprint density at radius 3 is 2.52 bits per heavy atom. The van der Waals surface area contributed by atoms with E-state index < -0.39 is 0 Å². The minimum Gasteiger partial charge on any atom is -0.493 e. The van der Waals surface area contributed by atoms with Crippen LogP contribution < -0.4 is 10.5 Å². The Bertz CT molecular complexity index is 468. The largest absolute Gasteiger partial charge is 0.493 e. The van der Waals surface area contributed by atoms with Crippen LogP contribution in [0.1, 0.15) is 6.42 Å². The maximum Gasteiger partial charge on any atom is 0.226 e. The molecule has 1 heterocycles. The van der Waals surface area contributed by atoms with Gasteiger partial charge in [0.05, 0.1) is 13.0 Å². The second-order valence-corrected chi connectivity index (χ2v) is 5.02. The van der Waals surface area contributed by atoms with E-state index in [-0.39, 0.29) is 18.1 Å². The number of likely N-dealkylation sites (tertiary alicyclic amines) is 1. The quantitative estimate of drug-likeness (QED) is 0.789. The van der Waals surface area contributed by atoms with Crippen LogP contribution in [0.25, 0.3) is 0 Å². The third kappa shape index (κ3) is 4.09. The number of rotatable bonds is 6. The molecule has 1 amide bonds. The summed E-state index contributed by atoms with van der Waals surface area (Å²) in [5.41, 5.74) is 6.31. The fraction of sp³-hybridized carbons (Fsp3) is 0.533. The fourth-order valence-corrected chi connectivity index (χ4v) is 2.42. The van der Waals surface area contributed by atoms with Crippen molar-refractivity contribution < 1.29 is 19.0 Å². The van der Waals surface area contributed by atoms with Crippen molar-refractivity contribution >= 4 is 11.6 Å². The van der Waals surface area contributed by atoms with Gasteiger partial charge in [-0.15, -0.1) is 0 Å². The van der Waals surface area contributed by atoms with Gasteiger partial charge in [0.15, 0.2) is 0 Å². The van der Waals surface area contributed by atoms with Gasteiger partial charge in [-0.25, -0.2) is 0 Å². The number of ether oxygens (including phenoxy) is 3. The Kier molecular flexibility index (Phi) is 5.41. The average Bonchev–Trinajstić information content (AvgIpc) is 2.90. The summed E-state index contributed by atoms with van der Waals surface area (Å²) < 4.78 is 16.2. The fourth-order valence-electron chi connectivity index (χ4n) is 2.42. The number of carbonyl (C=O) groups is 1. The third-order valence-corrected chi connectivity index (χ3v) is 3.62. The zero-order valence-corrected chi connectivity index (χ0v) is 12.5. The van der Waals surface area contributed by atoms with E-state index in [1.807, 2.05) is 12.1 Å². The van der Waals surface area contributed by atoms with Crippen LogP contribution >= 0.6 is 0 Å². The van der Waals surface area contributed by atoms with Gasteiger partial charge < -0.3 is 24.8 Å². The maximum absolute atomic E-state index is 12.1. The van der Waals surface area contributed by atoms with Gasteiger partial charge in [0.2, 0.25) is 5.91 Å². The summed E-state index contributed by atoms with van der Waals surface area (Å²) in [6.07, 6.45) is 0.198. The van der Waals surface area contributed by atoms with E-state index >= 15 is 0 Å². The molecule has 0 bridgehead atoms. The Labute approximate surface area is 124 Å². The molecule has 0 saturated carbocycles. The van der Waals surface area contributed by atoms with Crippen molar-refractivity contribution in [3.05, 3.63) is 24.3 Å². The molecule has 2 N–H and O–H groups in total. The molecule has 2 atom stereocenters. The summed E-state index contributed by atoms with van der Waals surface area (Å²) in [7, 11) is 3.27. The standard InChI is InChI=1S/C15H22N2O4/c1-19-13-9-17(10-14(13)20-2)15(18)6-7-21-12-5-3-4-11(16)8-12/h3-5,8,13-14H,6-7,9-10,16H2,1-2H3. The van der Waals surface area contributed by atoms with Crippen LogP contribution in [0.15, 0.2) is 24.3 Å². The first-order chi connectivity index (χ1) is 10.1. The molecule has 6 nitrogen and oxygen atoms in total. The molecular weight excluding hydrogens is 272 g/mol. The summed E-state index contributed by atoms with van der Waals surface area (Å²) in [4.78, 5) is 13.9. The number of amides is 1. The third-order valence-electron chi connectivity index (χ3n) is 3.62. The van der Waals surface area contributed by atoms with Gasteiger partial charge >= 0.3 is 0 Å². The second-order valence-electron chi connectivity index (χ2n) is 5.02. The molecule has 2 unspecified atom stereocenters. The monoisotopic (exact) mass is 294 g/mol. The van der Waals surface area contributed by atoms with Crippen LogP contribution in [0, 0.1) is 0 Å². The van der Waals surface area contributed by atoms with E-state index in [4.69, 9.17) is 19.9 Å². The predicted octanol–water partition coefficient (Wildman–Crippen LogP) is 0.910. The minimum atomic E-state index is -0.0613. The molecule has 0 radical (unpaired) electrons. The van der Waals surface area contributed by atoms with Crippen LogP contribution in [0.5, 0.6) is 5.75 Å². The van der Waals surface area contributed by atoms with E-state index in [1.165, 1.54) is 0 Å². The van der Waals surface area contributed by atoms with Crippen molar-refractivity contribution in [2.24, 2.45) is 0 Å². The van der Waals surface area contributed by atoms with E-state index in [0.29, 0.717) is 37.6 Å². The summed E-state index contributed by atoms with van der Waals surface area (Å²) in [5, 5.41) is 0. The first kappa shape index (κ1) is 15.6. The Morgan fingerprint density at radius 2 is 1.95 bits per heavy atom. The molecule has 1 fully saturated rings. The van der Waals surface area contributed by atoms with E-state index in [0.717, 1.165) is 0 Å². The molecule has 0 aliphatic carbocycles. The molecule has 1 aromatic rings. The number of anilines is 1. The molecule has 21 heavy (non-hydrogen) atoms. The molecule has 0 spiro atoms. The van der Waals surface area contributed by atoms with E-state index in [1.54, 1.807) is 31.3 Å². The van der Waals surface area contributed by atoms with Gasteiger partial charge in [0.25, 0.3) is 0 Å². The smallest absolute Gasteiger partial charge is 0.226 e. The lowest BCUT2D eigenvalue weighted by Gasteiger charge is -2.16. The zero-order chi connectivity index (χ0) is 15.2. The van der Waals surface area contributed by atoms with Crippen LogP contribution in [0.2, 0.25) is 0 Å². The molecule has 0 aromatic heterocycles. The van der Waals surface area contributed by atoms with Crippen molar-refractivity contribution in [1.82, 2.24) is 4.90 Å². The number of nitrogens with two attached hydrogens (primary N) is 1. The van der Waals surface area contributed by atoms with Crippen molar-refractivity contribution in [1.29, 1.82) is 0 Å². The highest BCUT2D eigenvalue weighted by molar-refractivity contribution is 5.76. The van der Waals surface area contributed by atoms with Crippen molar-refractivity contribution in [3.63, 3.8) is 0 Å². The van der Waals surface area contributed by atoms with Gasteiger partial charge in [-0.2, -0.15) is 0 Å². The second kappa shape index (κ2) is 7.28. The molecule has 6 heteroatoms. The molecule has 116 valence electrons. The lowest BCUT2D eigenvalue weighted by molar-refractivity contribution is -0.131. The number of nitrogens with zero attached hydrogens (tertiary/aromatic N) is 1. The van der Waals surface area contributed by atoms with Crippen molar-refractivity contribution in [2.45, 2.75) is 18.6 Å². The summed E-state index contributed by atoms with van der Waals surface area (Å²) in [6, 6.07) is 7.16. The topological polar surface area (TPSA) is 74.0 Å². The molecular formula is C15H22N2O4. The number of carbonyl (C=O) groups excluding carboxylic acids is 1. The van der Waals surface area contributed by atoms with Gasteiger partial charge in [-0.05, 0) is 12.1 Å². The van der Waals surface area contributed by atoms with Crippen molar-refractivity contribution in [3.8, 4) is 5.75 Å². The lowest BCUT2D eigenvalue weighted by Crippen LogP contribution is -2.31. The van der Waals surface area contributed by atoms with Crippen LogP contribution in [-0.4, -0.2) is 56.9 Å². The molecule has 2 rings (SSSR count). The Balaban J connectivity index is 1.77. The molecule has 1 aliphatic heterocycles. The SMILES string of the molecule is COC1CN(C(=O)CCOc2cccc(N)c2)CC1OC. The highest BCUT2D eigenvalue weighted by Gasteiger charge is 2.35. The maximum atomic E-state index is 12.1. The number of hydrogen-bond acceptors (Lipinski definition) is 5. The highest BCUT2D eigenvalue weighted by atomic mass is 16.5. The van der Waals surface area contributed by atoms with E-state index in [9.17, 15) is 4.79 Å². The number of methoxy groups -OCH3 is 2. The number of hydrogen-bond donors (Lipinski definition) is 1. The normalized spacial score (nSPS) is 21.5. The van der Waals surface area contributed by atoms with Gasteiger partial charge in [-0.1, -0.05) is 6.07 Å². The van der Waals surface area contributed by atoms with Gasteiger partial charge in [0, 0.05) is 39.1 Å². The first-order valence-electron chi connectivity index (χ1n) is 6.95. The minimum absolute atomic E-state index is 0.0421. The molecule has 1 aromatic carbocycles. The van der Waals surface area contributed by atoms with Gasteiger partial charge in [0.1, 0.15) is 18.0 Å². The Morgan fingerprint density at radius 1 is 1.29 bits per heavy atom. The van der Waals surface area contributed by atoms with Gasteiger partial charge in [-0.3, -0.25) is 4.79 Å². The molecule has 1 aliphatic rings. The number of nitrogen functional groups attached to an aromatic ring is 1. The first-order valence-corrected chi connectivity index (χ1v) is 6.95. The predicted molar refractivity (Wildman–Crippen MR) is 79.1 cm³/mol. The van der Waals surface area contributed by atoms with Crippen LogP contribution in [0.3, 0.4) is 0 Å². The van der Waals surface area contributed by atoms with Crippen LogP contribution in [-0.2, 0) is 14.3 Å². The zero-order valence-electron chi connectivity index (χ0n) is 12.5.